The number of carbonyl (C=O) groups is 1. The van der Waals surface area contributed by atoms with Gasteiger partial charge in [0.25, 0.3) is 5.91 Å². The first-order chi connectivity index (χ1) is 13.8. The van der Waals surface area contributed by atoms with E-state index in [9.17, 15) is 4.79 Å². The monoisotopic (exact) mass is 427 g/mol. The number of thiocarbonyl (C=S) groups is 1. The van der Waals surface area contributed by atoms with Crippen LogP contribution in [0.15, 0.2) is 41.3 Å². The maximum absolute atomic E-state index is 13.0. The lowest BCUT2D eigenvalue weighted by atomic mass is 10.1. The minimum atomic E-state index is -0.108. The first-order valence-electron chi connectivity index (χ1n) is 9.59. The summed E-state index contributed by atoms with van der Waals surface area (Å²) in [6, 6.07) is 11.6. The molecule has 0 N–H and O–H groups in total. The summed E-state index contributed by atoms with van der Waals surface area (Å²) >= 11 is 6.80. The van der Waals surface area contributed by atoms with Gasteiger partial charge < -0.3 is 9.47 Å². The Bertz CT molecular complexity index is 982. The Kier molecular flexibility index (Phi) is 6.65. The van der Waals surface area contributed by atoms with Gasteiger partial charge in [0.1, 0.15) is 0 Å². The Morgan fingerprint density at radius 3 is 2.52 bits per heavy atom. The number of hydrogen-bond donors (Lipinski definition) is 0. The molecule has 1 aliphatic rings. The van der Waals surface area contributed by atoms with Crippen molar-refractivity contribution in [2.75, 3.05) is 11.5 Å². The second-order valence-electron chi connectivity index (χ2n) is 7.09. The third kappa shape index (κ3) is 4.82. The molecular weight excluding hydrogens is 402 g/mol. The Morgan fingerprint density at radius 1 is 1.10 bits per heavy atom. The Balaban J connectivity index is 1.90. The summed E-state index contributed by atoms with van der Waals surface area (Å²) in [6.07, 6.45) is 1.90. The number of benzene rings is 2. The molecule has 0 unspecified atom stereocenters. The van der Waals surface area contributed by atoms with E-state index in [2.05, 4.69) is 0 Å². The molecule has 1 amide bonds. The SMILES string of the molecule is CCOc1cc(/C=C2/SC(=S)N(c3ccc(C)c(C)c3)C2=O)ccc1OC(C)C. The number of aryl methyl sites for hydroxylation is 2. The van der Waals surface area contributed by atoms with E-state index < -0.39 is 0 Å². The van der Waals surface area contributed by atoms with Crippen LogP contribution in [0.1, 0.15) is 37.5 Å². The molecule has 2 aromatic carbocycles. The van der Waals surface area contributed by atoms with Crippen LogP contribution in [0.5, 0.6) is 11.5 Å². The first-order valence-corrected chi connectivity index (χ1v) is 10.8. The average Bonchev–Trinajstić information content (AvgIpc) is 2.93. The summed E-state index contributed by atoms with van der Waals surface area (Å²) in [6.45, 7) is 10.5. The molecular formula is C23H25NO3S2. The van der Waals surface area contributed by atoms with E-state index in [1.54, 1.807) is 4.90 Å². The highest BCUT2D eigenvalue weighted by atomic mass is 32.2. The number of ether oxygens (including phenoxy) is 2. The molecule has 0 spiro atoms. The molecule has 0 aliphatic carbocycles. The molecule has 0 radical (unpaired) electrons. The Labute approximate surface area is 181 Å². The molecule has 0 bridgehead atoms. The zero-order valence-corrected chi connectivity index (χ0v) is 18.9. The average molecular weight is 428 g/mol. The fourth-order valence-corrected chi connectivity index (χ4v) is 4.24. The van der Waals surface area contributed by atoms with E-state index in [0.29, 0.717) is 27.3 Å². The number of thioether (sulfide) groups is 1. The second kappa shape index (κ2) is 9.01. The van der Waals surface area contributed by atoms with Crippen molar-refractivity contribution in [2.45, 2.75) is 40.7 Å². The molecule has 1 heterocycles. The quantitative estimate of drug-likeness (QED) is 0.424. The molecule has 0 atom stereocenters. The minimum absolute atomic E-state index is 0.0503. The molecule has 29 heavy (non-hydrogen) atoms. The van der Waals surface area contributed by atoms with Gasteiger partial charge in [-0.3, -0.25) is 9.69 Å². The number of nitrogens with zero attached hydrogens (tertiary/aromatic N) is 1. The number of hydrogen-bond acceptors (Lipinski definition) is 5. The second-order valence-corrected chi connectivity index (χ2v) is 8.77. The highest BCUT2D eigenvalue weighted by molar-refractivity contribution is 8.27. The lowest BCUT2D eigenvalue weighted by Crippen LogP contribution is -2.27. The minimum Gasteiger partial charge on any atom is -0.490 e. The Hall–Kier alpha value is -2.31. The lowest BCUT2D eigenvalue weighted by Gasteiger charge is -2.16. The fraction of sp³-hybridized carbons (Fsp3) is 0.304. The zero-order valence-electron chi connectivity index (χ0n) is 17.3. The normalized spacial score (nSPS) is 15.5. The van der Waals surface area contributed by atoms with Crippen molar-refractivity contribution < 1.29 is 14.3 Å². The fourth-order valence-electron chi connectivity index (χ4n) is 2.94. The van der Waals surface area contributed by atoms with E-state index >= 15 is 0 Å². The van der Waals surface area contributed by atoms with Gasteiger partial charge in [-0.25, -0.2) is 0 Å². The first kappa shape index (κ1) is 21.4. The van der Waals surface area contributed by atoms with Crippen molar-refractivity contribution in [3.05, 3.63) is 58.0 Å². The van der Waals surface area contributed by atoms with Crippen molar-refractivity contribution in [3.63, 3.8) is 0 Å². The summed E-state index contributed by atoms with van der Waals surface area (Å²) in [7, 11) is 0. The summed E-state index contributed by atoms with van der Waals surface area (Å²) in [5.41, 5.74) is 3.98. The van der Waals surface area contributed by atoms with Gasteiger partial charge in [0.05, 0.1) is 23.3 Å². The highest BCUT2D eigenvalue weighted by Gasteiger charge is 2.33. The van der Waals surface area contributed by atoms with Crippen LogP contribution in [0.4, 0.5) is 5.69 Å². The number of anilines is 1. The van der Waals surface area contributed by atoms with Crippen LogP contribution in [0.25, 0.3) is 6.08 Å². The standard InChI is InChI=1S/C23H25NO3S2/c1-6-26-20-12-17(8-10-19(20)27-14(2)3)13-21-22(25)24(23(28)29-21)18-9-7-15(4)16(5)11-18/h7-14H,6H2,1-5H3/b21-13+. The lowest BCUT2D eigenvalue weighted by molar-refractivity contribution is -0.113. The molecule has 152 valence electrons. The van der Waals surface area contributed by atoms with Crippen LogP contribution in [-0.4, -0.2) is 22.9 Å². The van der Waals surface area contributed by atoms with E-state index in [-0.39, 0.29) is 12.0 Å². The number of amides is 1. The number of carbonyl (C=O) groups excluding carboxylic acids is 1. The summed E-state index contributed by atoms with van der Waals surface area (Å²) in [4.78, 5) is 15.2. The number of rotatable bonds is 6. The molecule has 1 fully saturated rings. The predicted molar refractivity (Wildman–Crippen MR) is 125 cm³/mol. The summed E-state index contributed by atoms with van der Waals surface area (Å²) in [5, 5.41) is 0. The van der Waals surface area contributed by atoms with Gasteiger partial charge in [-0.1, -0.05) is 36.1 Å². The van der Waals surface area contributed by atoms with Crippen LogP contribution in [-0.2, 0) is 4.79 Å². The Morgan fingerprint density at radius 2 is 1.86 bits per heavy atom. The van der Waals surface area contributed by atoms with Crippen molar-refractivity contribution in [3.8, 4) is 11.5 Å². The largest absolute Gasteiger partial charge is 0.490 e. The van der Waals surface area contributed by atoms with Gasteiger partial charge >= 0.3 is 0 Å². The van der Waals surface area contributed by atoms with Gasteiger partial charge in [-0.2, -0.15) is 0 Å². The molecule has 6 heteroatoms. The zero-order chi connectivity index (χ0) is 21.1. The van der Waals surface area contributed by atoms with Gasteiger partial charge in [0, 0.05) is 0 Å². The third-order valence-electron chi connectivity index (χ3n) is 4.47. The van der Waals surface area contributed by atoms with E-state index in [1.165, 1.54) is 17.3 Å². The predicted octanol–water partition coefficient (Wildman–Crippen LogP) is 5.90. The molecule has 3 rings (SSSR count). The van der Waals surface area contributed by atoms with Gasteiger partial charge in [0.2, 0.25) is 0 Å². The van der Waals surface area contributed by atoms with Crippen LogP contribution in [0.3, 0.4) is 0 Å². The van der Waals surface area contributed by atoms with E-state index in [1.807, 2.05) is 77.1 Å². The van der Waals surface area contributed by atoms with Crippen molar-refractivity contribution in [2.24, 2.45) is 0 Å². The maximum Gasteiger partial charge on any atom is 0.270 e. The van der Waals surface area contributed by atoms with Gasteiger partial charge in [-0.05, 0) is 81.7 Å². The van der Waals surface area contributed by atoms with Crippen LogP contribution in [0, 0.1) is 13.8 Å². The molecule has 0 aromatic heterocycles. The van der Waals surface area contributed by atoms with Gasteiger partial charge in [-0.15, -0.1) is 0 Å². The highest BCUT2D eigenvalue weighted by Crippen LogP contribution is 2.37. The molecule has 1 aliphatic heterocycles. The van der Waals surface area contributed by atoms with Crippen molar-refractivity contribution in [1.29, 1.82) is 0 Å². The molecule has 2 aromatic rings. The smallest absolute Gasteiger partial charge is 0.270 e. The van der Waals surface area contributed by atoms with Crippen molar-refractivity contribution in [1.82, 2.24) is 0 Å². The third-order valence-corrected chi connectivity index (χ3v) is 5.77. The summed E-state index contributed by atoms with van der Waals surface area (Å²) < 4.78 is 12.1. The van der Waals surface area contributed by atoms with Gasteiger partial charge in [0.15, 0.2) is 15.8 Å². The topological polar surface area (TPSA) is 38.8 Å². The van der Waals surface area contributed by atoms with E-state index in [4.69, 9.17) is 21.7 Å². The molecule has 4 nitrogen and oxygen atoms in total. The van der Waals surface area contributed by atoms with Crippen LogP contribution >= 0.6 is 24.0 Å². The molecule has 0 saturated carbocycles. The van der Waals surface area contributed by atoms with E-state index in [0.717, 1.165) is 16.8 Å². The van der Waals surface area contributed by atoms with Crippen molar-refractivity contribution >= 4 is 46.0 Å². The van der Waals surface area contributed by atoms with Crippen LogP contribution in [0.2, 0.25) is 0 Å². The molecule has 1 saturated heterocycles. The van der Waals surface area contributed by atoms with Crippen LogP contribution < -0.4 is 14.4 Å². The summed E-state index contributed by atoms with van der Waals surface area (Å²) in [5.74, 6) is 1.25. The maximum atomic E-state index is 13.0.